The van der Waals surface area contributed by atoms with Crippen molar-refractivity contribution in [1.29, 1.82) is 0 Å². The third-order valence-electron chi connectivity index (χ3n) is 2.63. The van der Waals surface area contributed by atoms with E-state index in [0.717, 1.165) is 5.76 Å². The Bertz CT molecular complexity index is 453. The van der Waals surface area contributed by atoms with E-state index in [0.29, 0.717) is 12.0 Å². The van der Waals surface area contributed by atoms with Gasteiger partial charge in [0.25, 0.3) is 0 Å². The van der Waals surface area contributed by atoms with E-state index in [1.807, 2.05) is 0 Å². The second-order valence-electron chi connectivity index (χ2n) is 3.94. The van der Waals surface area contributed by atoms with E-state index in [-0.39, 0.29) is 5.82 Å². The summed E-state index contributed by atoms with van der Waals surface area (Å²) in [4.78, 5) is 0. The molecule has 0 amide bonds. The van der Waals surface area contributed by atoms with E-state index in [2.05, 4.69) is 0 Å². The van der Waals surface area contributed by atoms with Gasteiger partial charge < -0.3 is 15.3 Å². The van der Waals surface area contributed by atoms with Crippen molar-refractivity contribution < 1.29 is 13.9 Å². The van der Waals surface area contributed by atoms with Gasteiger partial charge in [0.05, 0.1) is 12.4 Å². The van der Waals surface area contributed by atoms with Crippen LogP contribution in [-0.4, -0.2) is 11.1 Å². The van der Waals surface area contributed by atoms with Crippen LogP contribution in [0.4, 0.5) is 4.39 Å². The standard InChI is InChI=1S/C13H14FNO2/c14-10-5-3-9(4-6-10)13(16)12(15)8-11-2-1-7-17-11/h1-7,12-13,16H,8,15H2. The first-order valence-corrected chi connectivity index (χ1v) is 5.38. The van der Waals surface area contributed by atoms with Crippen LogP contribution in [0.15, 0.2) is 47.1 Å². The molecule has 0 spiro atoms. The van der Waals surface area contributed by atoms with E-state index in [1.54, 1.807) is 18.4 Å². The highest BCUT2D eigenvalue weighted by Crippen LogP contribution is 2.18. The van der Waals surface area contributed by atoms with Crippen LogP contribution in [0.1, 0.15) is 17.4 Å². The minimum atomic E-state index is -0.833. The Labute approximate surface area is 98.7 Å². The number of hydrogen-bond donors (Lipinski definition) is 2. The Balaban J connectivity index is 2.04. The first-order chi connectivity index (χ1) is 8.16. The second-order valence-corrected chi connectivity index (χ2v) is 3.94. The molecule has 0 aliphatic rings. The Morgan fingerprint density at radius 2 is 1.94 bits per heavy atom. The van der Waals surface area contributed by atoms with E-state index in [1.165, 1.54) is 24.3 Å². The maximum Gasteiger partial charge on any atom is 0.123 e. The minimum absolute atomic E-state index is 0.333. The van der Waals surface area contributed by atoms with Crippen LogP contribution in [0, 0.1) is 5.82 Å². The Hall–Kier alpha value is -1.65. The molecule has 0 fully saturated rings. The lowest BCUT2D eigenvalue weighted by Gasteiger charge is -2.18. The number of nitrogens with two attached hydrogens (primary N) is 1. The molecule has 2 unspecified atom stereocenters. The van der Waals surface area contributed by atoms with Gasteiger partial charge in [-0.15, -0.1) is 0 Å². The second kappa shape index (κ2) is 5.12. The molecule has 0 bridgehead atoms. The molecule has 2 aromatic rings. The topological polar surface area (TPSA) is 59.4 Å². The van der Waals surface area contributed by atoms with Gasteiger partial charge in [-0.05, 0) is 29.8 Å². The van der Waals surface area contributed by atoms with Gasteiger partial charge in [-0.25, -0.2) is 4.39 Å². The minimum Gasteiger partial charge on any atom is -0.469 e. The fourth-order valence-electron chi connectivity index (χ4n) is 1.68. The van der Waals surface area contributed by atoms with Crippen molar-refractivity contribution in [2.24, 2.45) is 5.73 Å². The predicted molar refractivity (Wildman–Crippen MR) is 61.7 cm³/mol. The van der Waals surface area contributed by atoms with Crippen LogP contribution in [0.5, 0.6) is 0 Å². The lowest BCUT2D eigenvalue weighted by molar-refractivity contribution is 0.143. The largest absolute Gasteiger partial charge is 0.469 e. The summed E-state index contributed by atoms with van der Waals surface area (Å²) < 4.78 is 17.9. The molecular weight excluding hydrogens is 221 g/mol. The molecular formula is C13H14FNO2. The van der Waals surface area contributed by atoms with Crippen molar-refractivity contribution in [2.75, 3.05) is 0 Å². The lowest BCUT2D eigenvalue weighted by Crippen LogP contribution is -2.30. The van der Waals surface area contributed by atoms with Gasteiger partial charge in [-0.1, -0.05) is 12.1 Å². The van der Waals surface area contributed by atoms with E-state index in [9.17, 15) is 9.50 Å². The summed E-state index contributed by atoms with van der Waals surface area (Å²) in [5, 5.41) is 9.99. The molecule has 0 aliphatic carbocycles. The predicted octanol–water partition coefficient (Wildman–Crippen LogP) is 2.02. The number of furan rings is 1. The first-order valence-electron chi connectivity index (χ1n) is 5.38. The zero-order valence-corrected chi connectivity index (χ0v) is 9.21. The number of benzene rings is 1. The molecule has 2 rings (SSSR count). The lowest BCUT2D eigenvalue weighted by atomic mass is 9.99. The maximum atomic E-state index is 12.7. The average molecular weight is 235 g/mol. The quantitative estimate of drug-likeness (QED) is 0.852. The van der Waals surface area contributed by atoms with Crippen LogP contribution in [0.3, 0.4) is 0 Å². The number of halogens is 1. The van der Waals surface area contributed by atoms with E-state index in [4.69, 9.17) is 10.2 Å². The number of aliphatic hydroxyl groups excluding tert-OH is 1. The molecule has 0 radical (unpaired) electrons. The van der Waals surface area contributed by atoms with Crippen LogP contribution in [0.25, 0.3) is 0 Å². The summed E-state index contributed by atoms with van der Waals surface area (Å²) in [5.41, 5.74) is 6.48. The molecule has 1 aromatic carbocycles. The molecule has 3 nitrogen and oxygen atoms in total. The Morgan fingerprint density at radius 3 is 2.53 bits per heavy atom. The van der Waals surface area contributed by atoms with Crippen molar-refractivity contribution in [2.45, 2.75) is 18.6 Å². The van der Waals surface area contributed by atoms with Gasteiger partial charge >= 0.3 is 0 Å². The molecule has 1 aromatic heterocycles. The molecule has 90 valence electrons. The SMILES string of the molecule is NC(Cc1ccco1)C(O)c1ccc(F)cc1. The molecule has 4 heteroatoms. The van der Waals surface area contributed by atoms with Gasteiger partial charge in [0, 0.05) is 12.5 Å². The fourth-order valence-corrected chi connectivity index (χ4v) is 1.68. The van der Waals surface area contributed by atoms with Crippen molar-refractivity contribution in [3.8, 4) is 0 Å². The monoisotopic (exact) mass is 235 g/mol. The van der Waals surface area contributed by atoms with E-state index < -0.39 is 12.1 Å². The molecule has 0 saturated heterocycles. The molecule has 0 saturated carbocycles. The first kappa shape index (κ1) is 11.8. The molecule has 0 aliphatic heterocycles. The highest BCUT2D eigenvalue weighted by molar-refractivity contribution is 5.20. The van der Waals surface area contributed by atoms with Gasteiger partial charge in [0.15, 0.2) is 0 Å². The van der Waals surface area contributed by atoms with Crippen LogP contribution in [0.2, 0.25) is 0 Å². The van der Waals surface area contributed by atoms with Crippen molar-refractivity contribution >= 4 is 0 Å². The summed E-state index contributed by atoms with van der Waals surface area (Å²) >= 11 is 0. The van der Waals surface area contributed by atoms with Gasteiger partial charge in [0.2, 0.25) is 0 Å². The highest BCUT2D eigenvalue weighted by atomic mass is 19.1. The smallest absolute Gasteiger partial charge is 0.123 e. The third-order valence-corrected chi connectivity index (χ3v) is 2.63. The molecule has 1 heterocycles. The number of rotatable bonds is 4. The third kappa shape index (κ3) is 2.93. The Morgan fingerprint density at radius 1 is 1.24 bits per heavy atom. The van der Waals surface area contributed by atoms with Crippen LogP contribution in [-0.2, 0) is 6.42 Å². The average Bonchev–Trinajstić information content (AvgIpc) is 2.82. The Kier molecular flexibility index (Phi) is 3.56. The van der Waals surface area contributed by atoms with Crippen LogP contribution >= 0.6 is 0 Å². The highest BCUT2D eigenvalue weighted by Gasteiger charge is 2.18. The fraction of sp³-hybridized carbons (Fsp3) is 0.231. The van der Waals surface area contributed by atoms with Crippen molar-refractivity contribution in [3.05, 3.63) is 59.8 Å². The summed E-state index contributed by atoms with van der Waals surface area (Å²) in [7, 11) is 0. The van der Waals surface area contributed by atoms with Crippen molar-refractivity contribution in [1.82, 2.24) is 0 Å². The normalized spacial score (nSPS) is 14.5. The number of aliphatic hydroxyl groups is 1. The van der Waals surface area contributed by atoms with Gasteiger partial charge in [0.1, 0.15) is 11.6 Å². The summed E-state index contributed by atoms with van der Waals surface area (Å²) in [6.45, 7) is 0. The maximum absolute atomic E-state index is 12.7. The zero-order valence-electron chi connectivity index (χ0n) is 9.21. The van der Waals surface area contributed by atoms with Crippen LogP contribution < -0.4 is 5.73 Å². The number of hydrogen-bond acceptors (Lipinski definition) is 3. The van der Waals surface area contributed by atoms with E-state index >= 15 is 0 Å². The van der Waals surface area contributed by atoms with Crippen molar-refractivity contribution in [3.63, 3.8) is 0 Å². The van der Waals surface area contributed by atoms with Gasteiger partial charge in [-0.3, -0.25) is 0 Å². The zero-order chi connectivity index (χ0) is 12.3. The summed E-state index contributed by atoms with van der Waals surface area (Å²) in [5.74, 6) is 0.388. The molecule has 17 heavy (non-hydrogen) atoms. The molecule has 3 N–H and O–H groups in total. The molecule has 2 atom stereocenters. The summed E-state index contributed by atoms with van der Waals surface area (Å²) in [6, 6.07) is 8.76. The van der Waals surface area contributed by atoms with Gasteiger partial charge in [-0.2, -0.15) is 0 Å². The summed E-state index contributed by atoms with van der Waals surface area (Å²) in [6.07, 6.45) is 1.17.